The molecule has 110 valence electrons. The first-order valence-corrected chi connectivity index (χ1v) is 8.87. The highest BCUT2D eigenvalue weighted by Crippen LogP contribution is 2.37. The Kier molecular flexibility index (Phi) is 4.89. The van der Waals surface area contributed by atoms with Crippen molar-refractivity contribution in [3.05, 3.63) is 64.7 Å². The zero-order chi connectivity index (χ0) is 14.7. The molecule has 1 aliphatic rings. The van der Waals surface area contributed by atoms with Crippen LogP contribution in [0.2, 0.25) is 5.02 Å². The van der Waals surface area contributed by atoms with Crippen LogP contribution in [0.15, 0.2) is 53.4 Å². The largest absolute Gasteiger partial charge is 0.303 e. The molecule has 1 N–H and O–H groups in total. The summed E-state index contributed by atoms with van der Waals surface area (Å²) in [6.45, 7) is 2.23. The predicted molar refractivity (Wildman–Crippen MR) is 92.1 cm³/mol. The van der Waals surface area contributed by atoms with Crippen LogP contribution in [0.3, 0.4) is 0 Å². The molecule has 1 heterocycles. The first-order valence-electron chi connectivity index (χ1n) is 7.51. The van der Waals surface area contributed by atoms with Gasteiger partial charge in [0.05, 0.1) is 0 Å². The van der Waals surface area contributed by atoms with Gasteiger partial charge in [-0.3, -0.25) is 0 Å². The smallest absolute Gasteiger partial charge is 0.0406 e. The number of nitrogens with one attached hydrogen (secondary N) is 1. The second-order valence-electron chi connectivity index (χ2n) is 5.41. The van der Waals surface area contributed by atoms with E-state index in [1.54, 1.807) is 0 Å². The van der Waals surface area contributed by atoms with Gasteiger partial charge in [-0.1, -0.05) is 48.9 Å². The minimum Gasteiger partial charge on any atom is -0.303 e. The summed E-state index contributed by atoms with van der Waals surface area (Å²) in [5.41, 5.74) is 2.76. The molecule has 21 heavy (non-hydrogen) atoms. The van der Waals surface area contributed by atoms with Crippen LogP contribution in [0.25, 0.3) is 0 Å². The zero-order valence-electron chi connectivity index (χ0n) is 12.2. The molecule has 1 nitrogen and oxygen atoms in total. The van der Waals surface area contributed by atoms with E-state index in [4.69, 9.17) is 11.6 Å². The lowest BCUT2D eigenvalue weighted by Gasteiger charge is -2.30. The summed E-state index contributed by atoms with van der Waals surface area (Å²) in [5.74, 6) is 1.19. The van der Waals surface area contributed by atoms with Gasteiger partial charge < -0.3 is 5.32 Å². The number of rotatable bonds is 4. The minimum absolute atomic E-state index is 0.378. The fraction of sp³-hybridized carbons (Fsp3) is 0.333. The number of fused-ring (bicyclic) bond motifs is 1. The standard InChI is InChI=1S/C18H20ClNS/c1-2-16(13-7-9-14(19)10-8-13)20-17-11-12-21-18-6-4-3-5-15(17)18/h3-10,16-17,20H,2,11-12H2,1H3. The molecule has 0 radical (unpaired) electrons. The molecule has 0 saturated heterocycles. The molecule has 0 bridgehead atoms. The SMILES string of the molecule is CCC(NC1CCSc2ccccc21)c1ccc(Cl)cc1. The van der Waals surface area contributed by atoms with Gasteiger partial charge in [0.15, 0.2) is 0 Å². The monoisotopic (exact) mass is 317 g/mol. The maximum absolute atomic E-state index is 6.00. The topological polar surface area (TPSA) is 12.0 Å². The van der Waals surface area contributed by atoms with Gasteiger partial charge in [0, 0.05) is 22.0 Å². The third kappa shape index (κ3) is 3.45. The van der Waals surface area contributed by atoms with Crippen molar-refractivity contribution in [2.45, 2.75) is 36.7 Å². The highest BCUT2D eigenvalue weighted by atomic mass is 35.5. The van der Waals surface area contributed by atoms with Gasteiger partial charge in [-0.2, -0.15) is 0 Å². The quantitative estimate of drug-likeness (QED) is 0.785. The van der Waals surface area contributed by atoms with E-state index in [1.165, 1.54) is 28.2 Å². The van der Waals surface area contributed by atoms with Crippen molar-refractivity contribution < 1.29 is 0 Å². The van der Waals surface area contributed by atoms with E-state index < -0.39 is 0 Å². The fourth-order valence-electron chi connectivity index (χ4n) is 2.90. The molecule has 2 unspecified atom stereocenters. The Morgan fingerprint density at radius 1 is 1.19 bits per heavy atom. The van der Waals surface area contributed by atoms with Crippen molar-refractivity contribution in [1.82, 2.24) is 5.32 Å². The van der Waals surface area contributed by atoms with E-state index in [0.717, 1.165) is 11.4 Å². The van der Waals surface area contributed by atoms with Crippen LogP contribution < -0.4 is 5.32 Å². The minimum atomic E-state index is 0.378. The van der Waals surface area contributed by atoms with E-state index in [1.807, 2.05) is 23.9 Å². The Labute approximate surface area is 136 Å². The first kappa shape index (κ1) is 15.0. The van der Waals surface area contributed by atoms with Crippen LogP contribution in [-0.2, 0) is 0 Å². The first-order chi connectivity index (χ1) is 10.3. The summed E-state index contributed by atoms with van der Waals surface area (Å²) in [4.78, 5) is 1.42. The summed E-state index contributed by atoms with van der Waals surface area (Å²) in [6.07, 6.45) is 2.26. The summed E-state index contributed by atoms with van der Waals surface area (Å²) >= 11 is 7.96. The third-order valence-electron chi connectivity index (χ3n) is 4.04. The van der Waals surface area contributed by atoms with Crippen LogP contribution in [0, 0.1) is 0 Å². The zero-order valence-corrected chi connectivity index (χ0v) is 13.8. The molecular weight excluding hydrogens is 298 g/mol. The number of benzene rings is 2. The van der Waals surface area contributed by atoms with Crippen molar-refractivity contribution in [3.8, 4) is 0 Å². The molecule has 0 aromatic heterocycles. The average Bonchev–Trinajstić information content (AvgIpc) is 2.54. The van der Waals surface area contributed by atoms with Crippen LogP contribution in [0.1, 0.15) is 43.0 Å². The molecule has 2 atom stereocenters. The van der Waals surface area contributed by atoms with Gasteiger partial charge in [-0.15, -0.1) is 11.8 Å². The van der Waals surface area contributed by atoms with E-state index >= 15 is 0 Å². The molecule has 3 rings (SSSR count). The van der Waals surface area contributed by atoms with Gasteiger partial charge >= 0.3 is 0 Å². The highest BCUT2D eigenvalue weighted by molar-refractivity contribution is 7.99. The van der Waals surface area contributed by atoms with Crippen LogP contribution in [0.5, 0.6) is 0 Å². The highest BCUT2D eigenvalue weighted by Gasteiger charge is 2.22. The molecule has 0 aliphatic carbocycles. The van der Waals surface area contributed by atoms with E-state index in [0.29, 0.717) is 12.1 Å². The van der Waals surface area contributed by atoms with E-state index in [-0.39, 0.29) is 0 Å². The summed E-state index contributed by atoms with van der Waals surface area (Å²) in [5, 5.41) is 4.64. The van der Waals surface area contributed by atoms with Crippen molar-refractivity contribution in [3.63, 3.8) is 0 Å². The van der Waals surface area contributed by atoms with Gasteiger partial charge in [0.2, 0.25) is 0 Å². The van der Waals surface area contributed by atoms with Crippen LogP contribution >= 0.6 is 23.4 Å². The second-order valence-corrected chi connectivity index (χ2v) is 6.98. The summed E-state index contributed by atoms with van der Waals surface area (Å²) in [6, 6.07) is 17.8. The lowest BCUT2D eigenvalue weighted by atomic mass is 9.99. The van der Waals surface area contributed by atoms with Crippen LogP contribution in [-0.4, -0.2) is 5.75 Å². The van der Waals surface area contributed by atoms with Crippen molar-refractivity contribution in [1.29, 1.82) is 0 Å². The van der Waals surface area contributed by atoms with Crippen molar-refractivity contribution >= 4 is 23.4 Å². The average molecular weight is 318 g/mol. The Morgan fingerprint density at radius 3 is 2.71 bits per heavy atom. The lowest BCUT2D eigenvalue weighted by molar-refractivity contribution is 0.421. The molecule has 0 amide bonds. The number of hydrogen-bond acceptors (Lipinski definition) is 2. The number of hydrogen-bond donors (Lipinski definition) is 1. The Hall–Kier alpha value is -0.960. The molecule has 0 fully saturated rings. The Bertz CT molecular complexity index is 596. The number of halogens is 1. The predicted octanol–water partition coefficient (Wildman–Crippen LogP) is 5.62. The lowest BCUT2D eigenvalue weighted by Crippen LogP contribution is -2.28. The van der Waals surface area contributed by atoms with Crippen molar-refractivity contribution in [2.75, 3.05) is 5.75 Å². The second kappa shape index (κ2) is 6.87. The van der Waals surface area contributed by atoms with Crippen LogP contribution in [0.4, 0.5) is 0 Å². The fourth-order valence-corrected chi connectivity index (χ4v) is 4.15. The van der Waals surface area contributed by atoms with E-state index in [2.05, 4.69) is 48.6 Å². The summed E-state index contributed by atoms with van der Waals surface area (Å²) < 4.78 is 0. The van der Waals surface area contributed by atoms with E-state index in [9.17, 15) is 0 Å². The third-order valence-corrected chi connectivity index (χ3v) is 5.42. The molecule has 0 spiro atoms. The molecule has 2 aromatic carbocycles. The van der Waals surface area contributed by atoms with Gasteiger partial charge in [-0.25, -0.2) is 0 Å². The maximum atomic E-state index is 6.00. The normalized spacial score (nSPS) is 19.0. The Morgan fingerprint density at radius 2 is 1.95 bits per heavy atom. The van der Waals surface area contributed by atoms with Gasteiger partial charge in [0.1, 0.15) is 0 Å². The maximum Gasteiger partial charge on any atom is 0.0406 e. The number of thioether (sulfide) groups is 1. The van der Waals surface area contributed by atoms with Gasteiger partial charge in [-0.05, 0) is 47.9 Å². The summed E-state index contributed by atoms with van der Waals surface area (Å²) in [7, 11) is 0. The molecule has 2 aromatic rings. The molecule has 0 saturated carbocycles. The van der Waals surface area contributed by atoms with Crippen molar-refractivity contribution in [2.24, 2.45) is 0 Å². The van der Waals surface area contributed by atoms with Gasteiger partial charge in [0.25, 0.3) is 0 Å². The molecule has 1 aliphatic heterocycles. The Balaban J connectivity index is 1.80. The molecular formula is C18H20ClNS. The molecule has 3 heteroatoms.